The lowest BCUT2D eigenvalue weighted by molar-refractivity contribution is -0.133. The van der Waals surface area contributed by atoms with E-state index in [2.05, 4.69) is 4.98 Å². The number of para-hydroxylation sites is 1. The molecule has 1 unspecified atom stereocenters. The lowest BCUT2D eigenvalue weighted by atomic mass is 10.1. The summed E-state index contributed by atoms with van der Waals surface area (Å²) in [5.41, 5.74) is -0.137. The maximum absolute atomic E-state index is 14.7. The first kappa shape index (κ1) is 22.4. The molecular formula is C24H25FN4O4. The first-order valence-electron chi connectivity index (χ1n) is 10.9. The summed E-state index contributed by atoms with van der Waals surface area (Å²) in [6.45, 7) is 4.57. The molecule has 1 saturated heterocycles. The Kier molecular flexibility index (Phi) is 6.13. The van der Waals surface area contributed by atoms with Crippen molar-refractivity contribution >= 4 is 22.7 Å². The van der Waals surface area contributed by atoms with E-state index in [1.54, 1.807) is 34.1 Å². The Labute approximate surface area is 189 Å². The molecule has 0 spiro atoms. The van der Waals surface area contributed by atoms with Gasteiger partial charge >= 0.3 is 5.69 Å². The predicted molar refractivity (Wildman–Crippen MR) is 122 cm³/mol. The van der Waals surface area contributed by atoms with Crippen molar-refractivity contribution in [1.82, 2.24) is 19.4 Å². The minimum absolute atomic E-state index is 0.0410. The van der Waals surface area contributed by atoms with Crippen molar-refractivity contribution in [3.8, 4) is 0 Å². The molecule has 33 heavy (non-hydrogen) atoms. The molecule has 3 aromatic rings. The minimum Gasteiger partial charge on any atom is -0.336 e. The van der Waals surface area contributed by atoms with Gasteiger partial charge in [0.1, 0.15) is 5.82 Å². The third-order valence-corrected chi connectivity index (χ3v) is 6.15. The highest BCUT2D eigenvalue weighted by Gasteiger charge is 2.31. The van der Waals surface area contributed by atoms with E-state index in [9.17, 15) is 23.6 Å². The number of hydrogen-bond acceptors (Lipinski definition) is 4. The quantitative estimate of drug-likeness (QED) is 0.655. The molecule has 9 heteroatoms. The Bertz CT molecular complexity index is 1350. The zero-order chi connectivity index (χ0) is 23.7. The molecular weight excluding hydrogens is 427 g/mol. The van der Waals surface area contributed by atoms with Gasteiger partial charge in [0.2, 0.25) is 5.91 Å². The standard InChI is InChI=1S/C24H25FN4O4/c1-3-17-14-27(10-11-28(17)15(2)30)23(32)19-12-16(8-9-20(19)25)13-29-21-7-5-4-6-18(21)22(31)26-24(29)33/h4-9,12,17H,3,10-11,13-14H2,1-2H3,(H,26,31,33). The topological polar surface area (TPSA) is 95.5 Å². The Morgan fingerprint density at radius 1 is 1.12 bits per heavy atom. The van der Waals surface area contributed by atoms with Gasteiger partial charge in [0.25, 0.3) is 11.5 Å². The first-order valence-corrected chi connectivity index (χ1v) is 10.9. The van der Waals surface area contributed by atoms with Crippen LogP contribution >= 0.6 is 0 Å². The van der Waals surface area contributed by atoms with Gasteiger partial charge in [-0.25, -0.2) is 9.18 Å². The molecule has 1 N–H and O–H groups in total. The van der Waals surface area contributed by atoms with E-state index in [-0.39, 0.29) is 24.1 Å². The normalized spacial score (nSPS) is 16.3. The van der Waals surface area contributed by atoms with Crippen LogP contribution in [0.15, 0.2) is 52.1 Å². The second-order valence-corrected chi connectivity index (χ2v) is 8.20. The van der Waals surface area contributed by atoms with Crippen LogP contribution in [-0.4, -0.2) is 56.8 Å². The highest BCUT2D eigenvalue weighted by molar-refractivity contribution is 5.95. The third-order valence-electron chi connectivity index (χ3n) is 6.15. The monoisotopic (exact) mass is 452 g/mol. The van der Waals surface area contributed by atoms with Crippen LogP contribution in [0.2, 0.25) is 0 Å². The van der Waals surface area contributed by atoms with E-state index in [1.807, 2.05) is 6.92 Å². The number of carbonyl (C=O) groups is 2. The molecule has 8 nitrogen and oxygen atoms in total. The number of hydrogen-bond donors (Lipinski definition) is 1. The number of halogens is 1. The summed E-state index contributed by atoms with van der Waals surface area (Å²) in [5, 5.41) is 0.365. The van der Waals surface area contributed by atoms with Gasteiger partial charge in [-0.3, -0.25) is 23.9 Å². The van der Waals surface area contributed by atoms with Crippen molar-refractivity contribution in [3.05, 3.63) is 80.2 Å². The van der Waals surface area contributed by atoms with E-state index in [0.29, 0.717) is 42.5 Å². The number of piperazine rings is 1. The summed E-state index contributed by atoms with van der Waals surface area (Å²) < 4.78 is 16.0. The predicted octanol–water partition coefficient (Wildman–Crippen LogP) is 1.96. The minimum atomic E-state index is -0.649. The number of fused-ring (bicyclic) bond motifs is 1. The third kappa shape index (κ3) is 4.30. The van der Waals surface area contributed by atoms with Crippen molar-refractivity contribution in [2.75, 3.05) is 19.6 Å². The number of benzene rings is 2. The largest absolute Gasteiger partial charge is 0.336 e. The SMILES string of the molecule is CCC1CN(C(=O)c2cc(Cn3c(=O)[nH]c(=O)c4ccccc43)ccc2F)CCN1C(C)=O. The number of rotatable bonds is 4. The summed E-state index contributed by atoms with van der Waals surface area (Å²) in [5.74, 6) is -1.14. The lowest BCUT2D eigenvalue weighted by Gasteiger charge is -2.40. The molecule has 1 aliphatic heterocycles. The van der Waals surface area contributed by atoms with Gasteiger partial charge in [-0.15, -0.1) is 0 Å². The van der Waals surface area contributed by atoms with E-state index in [0.717, 1.165) is 0 Å². The van der Waals surface area contributed by atoms with Gasteiger partial charge in [-0.1, -0.05) is 25.1 Å². The van der Waals surface area contributed by atoms with E-state index in [1.165, 1.54) is 29.7 Å². The summed E-state index contributed by atoms with van der Waals surface area (Å²) in [6.07, 6.45) is 0.689. The molecule has 2 heterocycles. The molecule has 0 radical (unpaired) electrons. The maximum atomic E-state index is 14.7. The first-order chi connectivity index (χ1) is 15.8. The molecule has 2 aromatic carbocycles. The van der Waals surface area contributed by atoms with Gasteiger partial charge in [0.05, 0.1) is 23.0 Å². The van der Waals surface area contributed by atoms with Crippen LogP contribution in [-0.2, 0) is 11.3 Å². The molecule has 1 atom stereocenters. The van der Waals surface area contributed by atoms with Crippen LogP contribution in [0.5, 0.6) is 0 Å². The van der Waals surface area contributed by atoms with Crippen LogP contribution in [0.3, 0.4) is 0 Å². The number of nitrogens with zero attached hydrogens (tertiary/aromatic N) is 3. The van der Waals surface area contributed by atoms with Crippen LogP contribution < -0.4 is 11.2 Å². The van der Waals surface area contributed by atoms with Crippen molar-refractivity contribution < 1.29 is 14.0 Å². The van der Waals surface area contributed by atoms with Gasteiger partial charge in [-0.05, 0) is 36.2 Å². The smallest absolute Gasteiger partial charge is 0.329 e. The fraction of sp³-hybridized carbons (Fsp3) is 0.333. The van der Waals surface area contributed by atoms with E-state index in [4.69, 9.17) is 0 Å². The number of nitrogens with one attached hydrogen (secondary N) is 1. The molecule has 0 bridgehead atoms. The van der Waals surface area contributed by atoms with E-state index < -0.39 is 23.0 Å². The Hall–Kier alpha value is -3.75. The molecule has 1 aliphatic rings. The number of aromatic amines is 1. The van der Waals surface area contributed by atoms with Crippen molar-refractivity contribution in [2.45, 2.75) is 32.9 Å². The van der Waals surface area contributed by atoms with Crippen LogP contribution in [0.4, 0.5) is 4.39 Å². The fourth-order valence-electron chi connectivity index (χ4n) is 4.39. The number of H-pyrrole nitrogens is 1. The van der Waals surface area contributed by atoms with E-state index >= 15 is 0 Å². The summed E-state index contributed by atoms with van der Waals surface area (Å²) in [4.78, 5) is 55.2. The second-order valence-electron chi connectivity index (χ2n) is 8.20. The van der Waals surface area contributed by atoms with Crippen molar-refractivity contribution in [3.63, 3.8) is 0 Å². The van der Waals surface area contributed by atoms with Crippen LogP contribution in [0, 0.1) is 5.82 Å². The van der Waals surface area contributed by atoms with Gasteiger partial charge in [-0.2, -0.15) is 0 Å². The molecule has 0 saturated carbocycles. The van der Waals surface area contributed by atoms with Crippen LogP contribution in [0.25, 0.3) is 10.9 Å². The van der Waals surface area contributed by atoms with Crippen LogP contribution in [0.1, 0.15) is 36.2 Å². The second kappa shape index (κ2) is 9.01. The average Bonchev–Trinajstić information content (AvgIpc) is 2.81. The summed E-state index contributed by atoms with van der Waals surface area (Å²) >= 11 is 0. The Morgan fingerprint density at radius 2 is 1.88 bits per heavy atom. The molecule has 1 aromatic heterocycles. The van der Waals surface area contributed by atoms with Crippen molar-refractivity contribution in [2.24, 2.45) is 0 Å². The highest BCUT2D eigenvalue weighted by atomic mass is 19.1. The number of aromatic nitrogens is 2. The van der Waals surface area contributed by atoms with Gasteiger partial charge < -0.3 is 9.80 Å². The Morgan fingerprint density at radius 3 is 2.61 bits per heavy atom. The average molecular weight is 452 g/mol. The molecule has 4 rings (SSSR count). The number of carbonyl (C=O) groups excluding carboxylic acids is 2. The number of amides is 2. The van der Waals surface area contributed by atoms with Gasteiger partial charge in [0.15, 0.2) is 0 Å². The van der Waals surface area contributed by atoms with Gasteiger partial charge in [0, 0.05) is 32.6 Å². The molecule has 0 aliphatic carbocycles. The lowest BCUT2D eigenvalue weighted by Crippen LogP contribution is -2.55. The molecule has 1 fully saturated rings. The highest BCUT2D eigenvalue weighted by Crippen LogP contribution is 2.19. The molecule has 2 amide bonds. The molecule has 172 valence electrons. The summed E-state index contributed by atoms with van der Waals surface area (Å²) in [6, 6.07) is 10.8. The van der Waals surface area contributed by atoms with Crippen molar-refractivity contribution in [1.29, 1.82) is 0 Å². The zero-order valence-corrected chi connectivity index (χ0v) is 18.5. The fourth-order valence-corrected chi connectivity index (χ4v) is 4.39. The Balaban J connectivity index is 1.64. The summed E-state index contributed by atoms with van der Waals surface area (Å²) in [7, 11) is 0. The maximum Gasteiger partial charge on any atom is 0.329 e. The zero-order valence-electron chi connectivity index (χ0n) is 18.5.